The van der Waals surface area contributed by atoms with Gasteiger partial charge >= 0.3 is 0 Å². The number of carbonyl (C=O) groups excluding carboxylic acids is 3. The van der Waals surface area contributed by atoms with Crippen molar-refractivity contribution in [1.29, 1.82) is 0 Å². The van der Waals surface area contributed by atoms with Crippen molar-refractivity contribution in [2.24, 2.45) is 5.92 Å². The highest BCUT2D eigenvalue weighted by Crippen LogP contribution is 2.24. The van der Waals surface area contributed by atoms with Crippen LogP contribution in [-0.2, 0) is 9.59 Å². The highest BCUT2D eigenvalue weighted by atomic mass is 16.5. The lowest BCUT2D eigenvalue weighted by Gasteiger charge is -2.15. The Balaban J connectivity index is -0.000000526. The lowest BCUT2D eigenvalue weighted by molar-refractivity contribution is -0.117. The van der Waals surface area contributed by atoms with Crippen LogP contribution in [0.3, 0.4) is 0 Å². The minimum atomic E-state index is 0.137. The Morgan fingerprint density at radius 1 is 0.949 bits per heavy atom. The molecule has 0 saturated carbocycles. The van der Waals surface area contributed by atoms with Gasteiger partial charge in [-0.2, -0.15) is 0 Å². The van der Waals surface area contributed by atoms with Crippen molar-refractivity contribution >= 4 is 17.3 Å². The van der Waals surface area contributed by atoms with Gasteiger partial charge in [-0.3, -0.25) is 9.59 Å². The number of ketones is 3. The Bertz CT molecular complexity index is 895. The van der Waals surface area contributed by atoms with Gasteiger partial charge in [-0.25, -0.2) is 0 Å². The molecule has 0 heterocycles. The summed E-state index contributed by atoms with van der Waals surface area (Å²) in [6.45, 7) is 25.0. The van der Waals surface area contributed by atoms with E-state index in [2.05, 4.69) is 20.4 Å². The molecule has 0 amide bonds. The summed E-state index contributed by atoms with van der Waals surface area (Å²) < 4.78 is 5.22. The molecule has 0 N–H and O–H groups in total. The predicted molar refractivity (Wildman–Crippen MR) is 170 cm³/mol. The van der Waals surface area contributed by atoms with Crippen molar-refractivity contribution in [1.82, 2.24) is 0 Å². The van der Waals surface area contributed by atoms with Crippen molar-refractivity contribution in [3.05, 3.63) is 64.8 Å². The molecular formula is C35H58O4. The molecule has 0 aliphatic heterocycles. The first-order chi connectivity index (χ1) is 18.4. The second kappa shape index (κ2) is 25.5. The number of carbonyl (C=O) groups is 3. The molecule has 1 rings (SSSR count). The van der Waals surface area contributed by atoms with Gasteiger partial charge in [0.05, 0.1) is 7.11 Å². The average molecular weight is 543 g/mol. The van der Waals surface area contributed by atoms with Gasteiger partial charge in [0.2, 0.25) is 0 Å². The zero-order valence-electron chi connectivity index (χ0n) is 27.3. The minimum Gasteiger partial charge on any atom is -0.496 e. The Hall–Kier alpha value is -2.75. The second-order valence-electron chi connectivity index (χ2n) is 9.81. The van der Waals surface area contributed by atoms with E-state index in [1.165, 1.54) is 0 Å². The number of aryl methyl sites for hydroxylation is 1. The third kappa shape index (κ3) is 20.8. The number of Topliss-reactive ketones (excluding diaryl/α,β-unsaturated/α-hetero) is 3. The highest BCUT2D eigenvalue weighted by molar-refractivity contribution is 5.98. The Labute approximate surface area is 241 Å². The summed E-state index contributed by atoms with van der Waals surface area (Å²) >= 11 is 0. The van der Waals surface area contributed by atoms with Crippen molar-refractivity contribution in [2.75, 3.05) is 7.11 Å². The number of rotatable bonds is 13. The average Bonchev–Trinajstić information content (AvgIpc) is 2.87. The largest absolute Gasteiger partial charge is 0.496 e. The van der Waals surface area contributed by atoms with E-state index in [1.807, 2.05) is 78.8 Å². The summed E-state index contributed by atoms with van der Waals surface area (Å²) in [6, 6.07) is 5.71. The van der Waals surface area contributed by atoms with Crippen molar-refractivity contribution < 1.29 is 19.1 Å². The van der Waals surface area contributed by atoms with E-state index < -0.39 is 0 Å². The van der Waals surface area contributed by atoms with E-state index >= 15 is 0 Å². The molecule has 0 spiro atoms. The quantitative estimate of drug-likeness (QED) is 0.108. The molecule has 0 aliphatic carbocycles. The van der Waals surface area contributed by atoms with Crippen LogP contribution < -0.4 is 4.74 Å². The van der Waals surface area contributed by atoms with Gasteiger partial charge in [-0.1, -0.05) is 63.8 Å². The van der Waals surface area contributed by atoms with Crippen molar-refractivity contribution in [3.63, 3.8) is 0 Å². The second-order valence-corrected chi connectivity index (χ2v) is 9.81. The molecule has 1 aromatic carbocycles. The molecule has 0 fully saturated rings. The van der Waals surface area contributed by atoms with Crippen LogP contribution in [0.1, 0.15) is 130 Å². The third-order valence-electron chi connectivity index (χ3n) is 5.71. The third-order valence-corrected chi connectivity index (χ3v) is 5.71. The van der Waals surface area contributed by atoms with E-state index in [9.17, 15) is 14.4 Å². The summed E-state index contributed by atoms with van der Waals surface area (Å²) in [5.41, 5.74) is 4.90. The number of methoxy groups -OCH3 is 1. The van der Waals surface area contributed by atoms with Crippen LogP contribution in [0.5, 0.6) is 5.75 Å². The molecule has 0 aliphatic rings. The van der Waals surface area contributed by atoms with Gasteiger partial charge in [0.25, 0.3) is 0 Å². The molecule has 39 heavy (non-hydrogen) atoms. The topological polar surface area (TPSA) is 60.4 Å². The number of hydrogen-bond acceptors (Lipinski definition) is 4. The first-order valence-electron chi connectivity index (χ1n) is 14.5. The maximum Gasteiger partial charge on any atom is 0.165 e. The fraction of sp³-hybridized carbons (Fsp3) is 0.571. The molecule has 1 aromatic rings. The molecule has 222 valence electrons. The SMILES string of the molecule is C/C=C\C(C(C)=O)=C(C)C.C=C(C)CCCC(C)=O.CC.CCCC(CCC)C(=O)c1ccc(OC)c(C)c1. The Kier molecular flexibility index (Phi) is 26.7. The van der Waals surface area contributed by atoms with E-state index in [0.29, 0.717) is 6.42 Å². The smallest absolute Gasteiger partial charge is 0.165 e. The summed E-state index contributed by atoms with van der Waals surface area (Å²) in [6.07, 6.45) is 10.5. The fourth-order valence-electron chi connectivity index (χ4n) is 3.81. The molecule has 0 saturated heterocycles. The maximum atomic E-state index is 12.4. The zero-order valence-corrected chi connectivity index (χ0v) is 27.3. The summed E-state index contributed by atoms with van der Waals surface area (Å²) in [4.78, 5) is 33.7. The fourth-order valence-corrected chi connectivity index (χ4v) is 3.81. The Morgan fingerprint density at radius 2 is 1.49 bits per heavy atom. The number of ether oxygens (including phenoxy) is 1. The normalized spacial score (nSPS) is 9.77. The highest BCUT2D eigenvalue weighted by Gasteiger charge is 2.19. The molecule has 0 unspecified atom stereocenters. The number of benzene rings is 1. The van der Waals surface area contributed by atoms with Gasteiger partial charge < -0.3 is 9.53 Å². The van der Waals surface area contributed by atoms with Crippen LogP contribution in [0.4, 0.5) is 0 Å². The first kappa shape index (κ1) is 40.7. The monoisotopic (exact) mass is 542 g/mol. The summed E-state index contributed by atoms with van der Waals surface area (Å²) in [7, 11) is 1.65. The van der Waals surface area contributed by atoms with Gasteiger partial charge in [0.1, 0.15) is 11.5 Å². The van der Waals surface area contributed by atoms with E-state index in [4.69, 9.17) is 4.74 Å². The predicted octanol–water partition coefficient (Wildman–Crippen LogP) is 10.2. The standard InChI is InChI=1S/C16H24O2.C9H14O.C8H14O.C2H6/c1-5-7-13(8-6-2)16(17)14-9-10-15(18-4)12(3)11-14;1-5-6-9(7(2)3)8(4)10;1-7(2)5-4-6-8(3)9;1-2/h9-11,13H,5-8H2,1-4H3;5-6H,1-4H3;1,4-6H2,2-3H3;1-2H3/b;6-5-;;. The summed E-state index contributed by atoms with van der Waals surface area (Å²) in [5, 5.41) is 0. The molecule has 4 heteroatoms. The van der Waals surface area contributed by atoms with E-state index in [-0.39, 0.29) is 23.3 Å². The molecule has 0 radical (unpaired) electrons. The van der Waals surface area contributed by atoms with E-state index in [0.717, 1.165) is 72.1 Å². The molecular weight excluding hydrogens is 484 g/mol. The van der Waals surface area contributed by atoms with Crippen LogP contribution in [-0.4, -0.2) is 24.5 Å². The molecule has 0 bridgehead atoms. The lowest BCUT2D eigenvalue weighted by atomic mass is 9.89. The lowest BCUT2D eigenvalue weighted by Crippen LogP contribution is -2.14. The van der Waals surface area contributed by atoms with Crippen LogP contribution in [0, 0.1) is 12.8 Å². The Morgan fingerprint density at radius 3 is 1.79 bits per heavy atom. The number of allylic oxidation sites excluding steroid dienone is 5. The van der Waals surface area contributed by atoms with Gasteiger partial charge in [0.15, 0.2) is 11.6 Å². The van der Waals surface area contributed by atoms with Crippen molar-refractivity contribution in [3.8, 4) is 5.75 Å². The van der Waals surface area contributed by atoms with Crippen LogP contribution in [0.25, 0.3) is 0 Å². The number of hydrogen-bond donors (Lipinski definition) is 0. The van der Waals surface area contributed by atoms with Gasteiger partial charge in [-0.05, 0) is 97.9 Å². The first-order valence-corrected chi connectivity index (χ1v) is 14.5. The zero-order chi connectivity index (χ0) is 31.0. The van der Waals surface area contributed by atoms with Crippen LogP contribution >= 0.6 is 0 Å². The van der Waals surface area contributed by atoms with Gasteiger partial charge in [0, 0.05) is 23.5 Å². The summed E-state index contributed by atoms with van der Waals surface area (Å²) in [5.74, 6) is 1.71. The van der Waals surface area contributed by atoms with Crippen molar-refractivity contribution in [2.45, 2.75) is 121 Å². The van der Waals surface area contributed by atoms with Crippen LogP contribution in [0.2, 0.25) is 0 Å². The maximum absolute atomic E-state index is 12.4. The molecule has 0 aromatic heterocycles. The minimum absolute atomic E-state index is 0.137. The van der Waals surface area contributed by atoms with Crippen LogP contribution in [0.15, 0.2) is 53.6 Å². The van der Waals surface area contributed by atoms with E-state index in [1.54, 1.807) is 21.0 Å². The van der Waals surface area contributed by atoms with Gasteiger partial charge in [-0.15, -0.1) is 6.58 Å². The molecule has 0 atom stereocenters. The molecule has 4 nitrogen and oxygen atoms in total.